The summed E-state index contributed by atoms with van der Waals surface area (Å²) in [4.78, 5) is 6.26. The molecule has 3 atom stereocenters. The van der Waals surface area contributed by atoms with Crippen LogP contribution in [-0.4, -0.2) is 23.0 Å². The SMILES string of the molecule is CC(N)C(c1cccnc1)N(C)C(C)c1ccccc1F. The number of likely N-dealkylation sites (N-methyl/N-ethyl adjacent to an activating group) is 1. The van der Waals surface area contributed by atoms with Crippen LogP contribution in [0.15, 0.2) is 48.8 Å². The summed E-state index contributed by atoms with van der Waals surface area (Å²) in [7, 11) is 1.97. The van der Waals surface area contributed by atoms with Crippen molar-refractivity contribution < 1.29 is 4.39 Å². The summed E-state index contributed by atoms with van der Waals surface area (Å²) >= 11 is 0. The first kappa shape index (κ1) is 15.6. The van der Waals surface area contributed by atoms with E-state index in [2.05, 4.69) is 9.88 Å². The molecule has 2 aromatic rings. The van der Waals surface area contributed by atoms with E-state index in [1.807, 2.05) is 51.4 Å². The Morgan fingerprint density at radius 1 is 1.14 bits per heavy atom. The van der Waals surface area contributed by atoms with Gasteiger partial charge in [0.15, 0.2) is 0 Å². The van der Waals surface area contributed by atoms with Crippen LogP contribution in [-0.2, 0) is 0 Å². The van der Waals surface area contributed by atoms with Crippen LogP contribution in [0.4, 0.5) is 4.39 Å². The van der Waals surface area contributed by atoms with Gasteiger partial charge in [-0.15, -0.1) is 0 Å². The van der Waals surface area contributed by atoms with Crippen LogP contribution in [0.5, 0.6) is 0 Å². The van der Waals surface area contributed by atoms with Gasteiger partial charge in [-0.2, -0.15) is 0 Å². The van der Waals surface area contributed by atoms with Crippen LogP contribution in [0.3, 0.4) is 0 Å². The largest absolute Gasteiger partial charge is 0.326 e. The molecule has 1 aromatic heterocycles. The highest BCUT2D eigenvalue weighted by Crippen LogP contribution is 2.31. The van der Waals surface area contributed by atoms with Crippen LogP contribution >= 0.6 is 0 Å². The van der Waals surface area contributed by atoms with Gasteiger partial charge in [0.2, 0.25) is 0 Å². The molecule has 0 amide bonds. The summed E-state index contributed by atoms with van der Waals surface area (Å²) in [6.45, 7) is 3.95. The van der Waals surface area contributed by atoms with Crippen molar-refractivity contribution in [3.8, 4) is 0 Å². The maximum atomic E-state index is 14.0. The predicted molar refractivity (Wildman–Crippen MR) is 83.2 cm³/mol. The summed E-state index contributed by atoms with van der Waals surface area (Å²) in [6, 6.07) is 10.6. The second kappa shape index (κ2) is 6.78. The van der Waals surface area contributed by atoms with Crippen LogP contribution in [0.1, 0.15) is 37.1 Å². The maximum absolute atomic E-state index is 14.0. The molecule has 3 nitrogen and oxygen atoms in total. The Hall–Kier alpha value is -1.78. The normalized spacial score (nSPS) is 15.7. The first-order valence-electron chi connectivity index (χ1n) is 7.14. The topological polar surface area (TPSA) is 42.1 Å². The summed E-state index contributed by atoms with van der Waals surface area (Å²) in [5.74, 6) is -0.188. The second-order valence-electron chi connectivity index (χ2n) is 5.45. The molecule has 2 rings (SSSR count). The molecule has 0 bridgehead atoms. The molecule has 0 fully saturated rings. The summed E-state index contributed by atoms with van der Waals surface area (Å²) < 4.78 is 14.0. The lowest BCUT2D eigenvalue weighted by Gasteiger charge is -2.36. The fourth-order valence-electron chi connectivity index (χ4n) is 2.73. The Labute approximate surface area is 125 Å². The molecule has 0 aliphatic rings. The van der Waals surface area contributed by atoms with E-state index in [1.165, 1.54) is 6.07 Å². The average molecular weight is 287 g/mol. The highest BCUT2D eigenvalue weighted by atomic mass is 19.1. The molecule has 4 heteroatoms. The molecule has 0 spiro atoms. The zero-order valence-corrected chi connectivity index (χ0v) is 12.7. The van der Waals surface area contributed by atoms with Gasteiger partial charge >= 0.3 is 0 Å². The van der Waals surface area contributed by atoms with Gasteiger partial charge in [0, 0.05) is 30.0 Å². The monoisotopic (exact) mass is 287 g/mol. The molecule has 3 unspecified atom stereocenters. The molecule has 0 saturated heterocycles. The van der Waals surface area contributed by atoms with Crippen LogP contribution in [0.25, 0.3) is 0 Å². The van der Waals surface area contributed by atoms with Crippen molar-refractivity contribution in [2.24, 2.45) is 5.73 Å². The maximum Gasteiger partial charge on any atom is 0.127 e. The number of aromatic nitrogens is 1. The minimum absolute atomic E-state index is 0.0201. The lowest BCUT2D eigenvalue weighted by molar-refractivity contribution is 0.162. The van der Waals surface area contributed by atoms with Gasteiger partial charge < -0.3 is 5.73 Å². The van der Waals surface area contributed by atoms with Crippen LogP contribution in [0.2, 0.25) is 0 Å². The van der Waals surface area contributed by atoms with E-state index < -0.39 is 0 Å². The number of rotatable bonds is 5. The molecule has 112 valence electrons. The second-order valence-corrected chi connectivity index (χ2v) is 5.45. The molecule has 0 radical (unpaired) electrons. The Morgan fingerprint density at radius 2 is 1.86 bits per heavy atom. The van der Waals surface area contributed by atoms with E-state index in [0.29, 0.717) is 5.56 Å². The number of hydrogen-bond donors (Lipinski definition) is 1. The number of halogens is 1. The van der Waals surface area contributed by atoms with Crippen LogP contribution < -0.4 is 5.73 Å². The van der Waals surface area contributed by atoms with E-state index >= 15 is 0 Å². The smallest absolute Gasteiger partial charge is 0.127 e. The van der Waals surface area contributed by atoms with Crippen molar-refractivity contribution in [2.45, 2.75) is 32.0 Å². The Balaban J connectivity index is 2.31. The van der Waals surface area contributed by atoms with Crippen molar-refractivity contribution in [3.63, 3.8) is 0 Å². The lowest BCUT2D eigenvalue weighted by atomic mass is 9.97. The van der Waals surface area contributed by atoms with E-state index in [-0.39, 0.29) is 23.9 Å². The average Bonchev–Trinajstić information content (AvgIpc) is 2.48. The molecular weight excluding hydrogens is 265 g/mol. The Morgan fingerprint density at radius 3 is 2.43 bits per heavy atom. The molecule has 21 heavy (non-hydrogen) atoms. The quantitative estimate of drug-likeness (QED) is 0.917. The minimum atomic E-state index is -0.188. The third-order valence-corrected chi connectivity index (χ3v) is 3.93. The highest BCUT2D eigenvalue weighted by Gasteiger charge is 2.26. The van der Waals surface area contributed by atoms with Crippen molar-refractivity contribution in [2.75, 3.05) is 7.05 Å². The van der Waals surface area contributed by atoms with Crippen molar-refractivity contribution in [1.29, 1.82) is 0 Å². The van der Waals surface area contributed by atoms with Gasteiger partial charge in [0.1, 0.15) is 5.82 Å². The third kappa shape index (κ3) is 3.46. The summed E-state index contributed by atoms with van der Waals surface area (Å²) in [5.41, 5.74) is 7.88. The van der Waals surface area contributed by atoms with Gasteiger partial charge in [-0.05, 0) is 38.6 Å². The molecule has 1 aromatic carbocycles. The molecule has 0 aliphatic carbocycles. The number of benzene rings is 1. The first-order valence-corrected chi connectivity index (χ1v) is 7.14. The molecule has 1 heterocycles. The van der Waals surface area contributed by atoms with E-state index in [4.69, 9.17) is 5.73 Å². The van der Waals surface area contributed by atoms with Crippen molar-refractivity contribution in [1.82, 2.24) is 9.88 Å². The zero-order chi connectivity index (χ0) is 15.4. The zero-order valence-electron chi connectivity index (χ0n) is 12.7. The molecule has 2 N–H and O–H groups in total. The number of hydrogen-bond acceptors (Lipinski definition) is 3. The van der Waals surface area contributed by atoms with E-state index in [0.717, 1.165) is 5.56 Å². The van der Waals surface area contributed by atoms with E-state index in [1.54, 1.807) is 12.3 Å². The minimum Gasteiger partial charge on any atom is -0.326 e. The Bertz CT molecular complexity index is 571. The number of pyridine rings is 1. The van der Waals surface area contributed by atoms with E-state index in [9.17, 15) is 4.39 Å². The fraction of sp³-hybridized carbons (Fsp3) is 0.353. The molecule has 0 saturated carbocycles. The van der Waals surface area contributed by atoms with Gasteiger partial charge in [0.05, 0.1) is 6.04 Å². The lowest BCUT2D eigenvalue weighted by Crippen LogP contribution is -2.38. The third-order valence-electron chi connectivity index (χ3n) is 3.93. The predicted octanol–water partition coefficient (Wildman–Crippen LogP) is 3.30. The van der Waals surface area contributed by atoms with Gasteiger partial charge in [-0.1, -0.05) is 24.3 Å². The first-order chi connectivity index (χ1) is 10.0. The standard InChI is InChI=1S/C17H22FN3/c1-12(19)17(14-7-6-10-20-11-14)21(3)13(2)15-8-4-5-9-16(15)18/h4-13,17H,19H2,1-3H3. The Kier molecular flexibility index (Phi) is 5.04. The molecular formula is C17H22FN3. The van der Waals surface area contributed by atoms with Gasteiger partial charge in [-0.25, -0.2) is 4.39 Å². The highest BCUT2D eigenvalue weighted by molar-refractivity contribution is 5.23. The van der Waals surface area contributed by atoms with Crippen molar-refractivity contribution in [3.05, 3.63) is 65.7 Å². The van der Waals surface area contributed by atoms with Crippen molar-refractivity contribution >= 4 is 0 Å². The fourth-order valence-corrected chi connectivity index (χ4v) is 2.73. The van der Waals surface area contributed by atoms with Gasteiger partial charge in [-0.3, -0.25) is 9.88 Å². The van der Waals surface area contributed by atoms with Gasteiger partial charge in [0.25, 0.3) is 0 Å². The van der Waals surface area contributed by atoms with Crippen LogP contribution in [0, 0.1) is 5.82 Å². The molecule has 0 aliphatic heterocycles. The summed E-state index contributed by atoms with van der Waals surface area (Å²) in [5, 5.41) is 0. The summed E-state index contributed by atoms with van der Waals surface area (Å²) in [6.07, 6.45) is 3.56. The number of nitrogens with zero attached hydrogens (tertiary/aromatic N) is 2. The number of nitrogens with two attached hydrogens (primary N) is 1.